The van der Waals surface area contributed by atoms with Crippen molar-refractivity contribution in [2.24, 2.45) is 0 Å². The molecule has 3 nitrogen and oxygen atoms in total. The minimum Gasteiger partial charge on any atom is -0.207 e. The van der Waals surface area contributed by atoms with E-state index in [1.54, 1.807) is 20.8 Å². The first kappa shape index (κ1) is 16.5. The molecule has 1 aromatic rings. The summed E-state index contributed by atoms with van der Waals surface area (Å²) in [4.78, 5) is -0.780. The van der Waals surface area contributed by atoms with Crippen LogP contribution in [-0.2, 0) is 16.2 Å². The summed E-state index contributed by atoms with van der Waals surface area (Å²) in [6.45, 7) is 4.66. The van der Waals surface area contributed by atoms with Gasteiger partial charge in [-0.3, -0.25) is 0 Å². The normalized spacial score (nSPS) is 13.6. The smallest absolute Gasteiger partial charge is 0.207 e. The minimum atomic E-state index is -4.74. The number of halogens is 4. The zero-order valence-electron chi connectivity index (χ0n) is 10.5. The topological polar surface area (TPSA) is 46.2 Å². The lowest BCUT2D eigenvalue weighted by Gasteiger charge is -2.22. The average molecular weight is 360 g/mol. The minimum absolute atomic E-state index is 0.162. The van der Waals surface area contributed by atoms with Crippen LogP contribution in [0.25, 0.3) is 0 Å². The predicted octanol–water partition coefficient (Wildman–Crippen LogP) is 3.54. The van der Waals surface area contributed by atoms with Crippen molar-refractivity contribution in [1.29, 1.82) is 0 Å². The maximum atomic E-state index is 12.9. The molecular weight excluding hydrogens is 347 g/mol. The van der Waals surface area contributed by atoms with E-state index in [0.717, 1.165) is 12.1 Å². The molecule has 0 saturated heterocycles. The molecule has 0 aliphatic carbocycles. The van der Waals surface area contributed by atoms with Crippen molar-refractivity contribution in [2.75, 3.05) is 0 Å². The molecule has 0 aliphatic rings. The summed E-state index contributed by atoms with van der Waals surface area (Å²) in [5.74, 6) is 0. The molecule has 0 bridgehead atoms. The van der Waals surface area contributed by atoms with Crippen LogP contribution >= 0.6 is 15.9 Å². The molecule has 1 N–H and O–H groups in total. The van der Waals surface area contributed by atoms with E-state index in [9.17, 15) is 21.6 Å². The quantitative estimate of drug-likeness (QED) is 0.877. The second-order valence-corrected chi connectivity index (χ2v) is 7.56. The second kappa shape index (κ2) is 5.06. The van der Waals surface area contributed by atoms with Crippen LogP contribution in [0.2, 0.25) is 0 Å². The van der Waals surface area contributed by atoms with Crippen LogP contribution in [0, 0.1) is 0 Å². The van der Waals surface area contributed by atoms with Gasteiger partial charge in [0.1, 0.15) is 0 Å². The van der Waals surface area contributed by atoms with Gasteiger partial charge in [0.2, 0.25) is 10.0 Å². The molecule has 0 saturated carbocycles. The van der Waals surface area contributed by atoms with Gasteiger partial charge in [-0.2, -0.15) is 13.2 Å². The van der Waals surface area contributed by atoms with Crippen molar-refractivity contribution in [2.45, 2.75) is 37.4 Å². The van der Waals surface area contributed by atoms with Gasteiger partial charge in [-0.1, -0.05) is 15.9 Å². The zero-order valence-corrected chi connectivity index (χ0v) is 12.9. The molecule has 0 atom stereocenters. The van der Waals surface area contributed by atoms with Gasteiger partial charge < -0.3 is 0 Å². The number of rotatable bonds is 2. The van der Waals surface area contributed by atoms with Crippen LogP contribution < -0.4 is 4.72 Å². The fraction of sp³-hybridized carbons (Fsp3) is 0.455. The average Bonchev–Trinajstić information content (AvgIpc) is 2.11. The van der Waals surface area contributed by atoms with E-state index >= 15 is 0 Å². The van der Waals surface area contributed by atoms with Crippen LogP contribution in [-0.4, -0.2) is 14.0 Å². The lowest BCUT2D eigenvalue weighted by Crippen LogP contribution is -2.41. The van der Waals surface area contributed by atoms with Crippen molar-refractivity contribution >= 4 is 26.0 Å². The first-order chi connectivity index (χ1) is 8.33. The van der Waals surface area contributed by atoms with Gasteiger partial charge in [0.05, 0.1) is 10.5 Å². The molecule has 1 rings (SSSR count). The second-order valence-electron chi connectivity index (χ2n) is 4.99. The summed E-state index contributed by atoms with van der Waals surface area (Å²) in [6.07, 6.45) is -4.74. The Kier molecular flexibility index (Phi) is 4.39. The molecule has 1 aromatic carbocycles. The van der Waals surface area contributed by atoms with E-state index in [1.165, 1.54) is 6.07 Å². The molecule has 108 valence electrons. The Balaban J connectivity index is 3.44. The largest absolute Gasteiger partial charge is 0.417 e. The Morgan fingerprint density at radius 1 is 1.16 bits per heavy atom. The van der Waals surface area contributed by atoms with E-state index in [0.29, 0.717) is 0 Å². The SMILES string of the molecule is CC(C)(C)NS(=O)(=O)c1ccc(Br)cc1C(F)(F)F. The number of hydrogen-bond acceptors (Lipinski definition) is 2. The molecule has 0 radical (unpaired) electrons. The highest BCUT2D eigenvalue weighted by atomic mass is 79.9. The number of sulfonamides is 1. The number of benzene rings is 1. The van der Waals surface area contributed by atoms with Gasteiger partial charge >= 0.3 is 6.18 Å². The highest BCUT2D eigenvalue weighted by Crippen LogP contribution is 2.36. The fourth-order valence-electron chi connectivity index (χ4n) is 1.42. The number of hydrogen-bond donors (Lipinski definition) is 1. The van der Waals surface area contributed by atoms with Gasteiger partial charge in [-0.25, -0.2) is 13.1 Å². The Bertz CT molecular complexity index is 577. The number of nitrogens with one attached hydrogen (secondary N) is 1. The molecule has 0 aliphatic heterocycles. The molecule has 0 unspecified atom stereocenters. The van der Waals surface area contributed by atoms with Gasteiger partial charge in [0.15, 0.2) is 0 Å². The third-order valence-corrected chi connectivity index (χ3v) is 4.29. The molecule has 19 heavy (non-hydrogen) atoms. The Morgan fingerprint density at radius 2 is 1.68 bits per heavy atom. The Hall–Kier alpha value is -0.600. The van der Waals surface area contributed by atoms with E-state index in [4.69, 9.17) is 0 Å². The van der Waals surface area contributed by atoms with Crippen LogP contribution in [0.1, 0.15) is 26.3 Å². The first-order valence-electron chi connectivity index (χ1n) is 5.24. The summed E-state index contributed by atoms with van der Waals surface area (Å²) in [5, 5.41) is 0. The van der Waals surface area contributed by atoms with Crippen molar-refractivity contribution in [3.63, 3.8) is 0 Å². The van der Waals surface area contributed by atoms with Crippen molar-refractivity contribution < 1.29 is 21.6 Å². The molecule has 0 amide bonds. The van der Waals surface area contributed by atoms with Crippen LogP contribution in [0.3, 0.4) is 0 Å². The zero-order chi connectivity index (χ0) is 15.1. The Labute approximate surface area is 118 Å². The lowest BCUT2D eigenvalue weighted by molar-refractivity contribution is -0.139. The van der Waals surface area contributed by atoms with Crippen LogP contribution in [0.4, 0.5) is 13.2 Å². The molecular formula is C11H13BrF3NO2S. The van der Waals surface area contributed by atoms with E-state index in [2.05, 4.69) is 20.7 Å². The fourth-order valence-corrected chi connectivity index (χ4v) is 3.40. The standard InChI is InChI=1S/C11H13BrF3NO2S/c1-10(2,3)16-19(17,18)9-5-4-7(12)6-8(9)11(13,14)15/h4-6,16H,1-3H3. The van der Waals surface area contributed by atoms with Gasteiger partial charge in [0, 0.05) is 10.0 Å². The first-order valence-corrected chi connectivity index (χ1v) is 7.51. The summed E-state index contributed by atoms with van der Waals surface area (Å²) < 4.78 is 65.0. The molecule has 0 fully saturated rings. The monoisotopic (exact) mass is 359 g/mol. The third-order valence-electron chi connectivity index (χ3n) is 1.98. The third kappa shape index (κ3) is 4.47. The number of alkyl halides is 3. The highest BCUT2D eigenvalue weighted by Gasteiger charge is 2.38. The maximum absolute atomic E-state index is 12.9. The van der Waals surface area contributed by atoms with Crippen molar-refractivity contribution in [1.82, 2.24) is 4.72 Å². The maximum Gasteiger partial charge on any atom is 0.417 e. The molecule has 0 aromatic heterocycles. The lowest BCUT2D eigenvalue weighted by atomic mass is 10.1. The van der Waals surface area contributed by atoms with Gasteiger partial charge in [-0.05, 0) is 39.0 Å². The molecule has 0 spiro atoms. The van der Waals surface area contributed by atoms with Crippen LogP contribution in [0.5, 0.6) is 0 Å². The van der Waals surface area contributed by atoms with E-state index in [-0.39, 0.29) is 4.47 Å². The Morgan fingerprint density at radius 3 is 2.11 bits per heavy atom. The molecule has 0 heterocycles. The van der Waals surface area contributed by atoms with E-state index < -0.39 is 32.2 Å². The van der Waals surface area contributed by atoms with Crippen LogP contribution in [0.15, 0.2) is 27.6 Å². The summed E-state index contributed by atoms with van der Waals surface area (Å²) >= 11 is 2.90. The van der Waals surface area contributed by atoms with E-state index in [1.807, 2.05) is 0 Å². The van der Waals surface area contributed by atoms with Gasteiger partial charge in [-0.15, -0.1) is 0 Å². The molecule has 8 heteroatoms. The van der Waals surface area contributed by atoms with Gasteiger partial charge in [0.25, 0.3) is 0 Å². The van der Waals surface area contributed by atoms with Crippen molar-refractivity contribution in [3.05, 3.63) is 28.2 Å². The predicted molar refractivity (Wildman–Crippen MR) is 69.2 cm³/mol. The highest BCUT2D eigenvalue weighted by molar-refractivity contribution is 9.10. The summed E-state index contributed by atoms with van der Waals surface area (Å²) in [7, 11) is -4.24. The summed E-state index contributed by atoms with van der Waals surface area (Å²) in [6, 6.07) is 2.94. The van der Waals surface area contributed by atoms with Crippen molar-refractivity contribution in [3.8, 4) is 0 Å². The summed E-state index contributed by atoms with van der Waals surface area (Å²) in [5.41, 5.74) is -2.06.